The fourth-order valence-electron chi connectivity index (χ4n) is 11.2. The molecule has 6 amide bonds. The van der Waals surface area contributed by atoms with E-state index in [4.69, 9.17) is 0 Å². The number of benzene rings is 4. The molecule has 0 unspecified atom stereocenters. The van der Waals surface area contributed by atoms with Gasteiger partial charge in [0.15, 0.2) is 0 Å². The molecule has 78 heavy (non-hydrogen) atoms. The molecule has 9 atom stereocenters. The van der Waals surface area contributed by atoms with Crippen molar-refractivity contribution in [3.63, 3.8) is 0 Å². The van der Waals surface area contributed by atoms with Crippen molar-refractivity contribution in [3.05, 3.63) is 142 Å². The molecule has 3 aliphatic rings. The number of rotatable bonds is 18. The van der Waals surface area contributed by atoms with Gasteiger partial charge in [-0.05, 0) is 110 Å². The number of likely N-dealkylation sites (N-methyl/N-ethyl adjacent to an activating group) is 1. The van der Waals surface area contributed by atoms with Crippen LogP contribution in [-0.2, 0) is 54.7 Å². The van der Waals surface area contributed by atoms with Gasteiger partial charge in [0.1, 0.15) is 29.7 Å². The molecule has 7 rings (SSSR count). The van der Waals surface area contributed by atoms with Crippen LogP contribution in [0.2, 0.25) is 0 Å². The number of amides is 6. The summed E-state index contributed by atoms with van der Waals surface area (Å²) in [7, 11) is 1.70. The summed E-state index contributed by atoms with van der Waals surface area (Å²) < 4.78 is 15.7. The third-order valence-corrected chi connectivity index (χ3v) is 16.5. The standard InChI is InChI=1S/C63H82FN7O7/c1-12-38(2)56(73)68-55(63(8,9)10)61(78)70-36-45-22-14-13-21-44(45)32-53(70)60(77)69(40(4)47-24-17-18-26-50(47)64)35-41-28-30-43(31-29-41)57(74)66-46-33-52(58(75)67-51-27-19-23-42-20-15-16-25-48(42)51)71(37-46)59(76)49(62(5,6)7)34-54(72)39(3)65-11/h13-18,20-22,24-26,28-31,38-40,46,49,51-53,55,65H,12,19,23,27,32-37H2,1-11H3,(H,66,74)(H,67,75)(H,68,73)/t38-,39+,40-,46+,49-,51-,52+,53+,55-/m1/s1. The molecule has 4 N–H and O–H groups in total. The van der Waals surface area contributed by atoms with Gasteiger partial charge in [0.25, 0.3) is 5.91 Å². The molecule has 2 aliphatic heterocycles. The second-order valence-corrected chi connectivity index (χ2v) is 24.1. The molecule has 4 aromatic rings. The fraction of sp³-hybridized carbons (Fsp3) is 0.508. The van der Waals surface area contributed by atoms with Gasteiger partial charge in [0, 0.05) is 61.5 Å². The Bertz CT molecular complexity index is 2840. The predicted molar refractivity (Wildman–Crippen MR) is 300 cm³/mol. The van der Waals surface area contributed by atoms with Gasteiger partial charge < -0.3 is 36.0 Å². The van der Waals surface area contributed by atoms with Crippen LogP contribution >= 0.6 is 0 Å². The summed E-state index contributed by atoms with van der Waals surface area (Å²) >= 11 is 0. The van der Waals surface area contributed by atoms with Crippen molar-refractivity contribution < 1.29 is 38.0 Å². The van der Waals surface area contributed by atoms with Gasteiger partial charge in [-0.25, -0.2) is 4.39 Å². The molecule has 0 spiro atoms. The highest BCUT2D eigenvalue weighted by atomic mass is 19.1. The number of fused-ring (bicyclic) bond motifs is 2. The summed E-state index contributed by atoms with van der Waals surface area (Å²) in [6.07, 6.45) is 3.49. The minimum atomic E-state index is -1.00. The number of aryl methyl sites for hydroxylation is 1. The number of carbonyl (C=O) groups is 7. The van der Waals surface area contributed by atoms with Gasteiger partial charge in [0.2, 0.25) is 29.5 Å². The first kappa shape index (κ1) is 58.9. The third-order valence-electron chi connectivity index (χ3n) is 16.5. The molecule has 1 fully saturated rings. The molecule has 2 heterocycles. The van der Waals surface area contributed by atoms with Gasteiger partial charge in [-0.3, -0.25) is 33.6 Å². The molecule has 0 bridgehead atoms. The maximum atomic E-state index is 15.7. The van der Waals surface area contributed by atoms with Crippen LogP contribution in [0.5, 0.6) is 0 Å². The number of nitrogens with zero attached hydrogens (tertiary/aromatic N) is 3. The van der Waals surface area contributed by atoms with E-state index in [0.717, 1.165) is 36.0 Å². The van der Waals surface area contributed by atoms with E-state index < -0.39 is 70.6 Å². The summed E-state index contributed by atoms with van der Waals surface area (Å²) in [5.74, 6) is -3.78. The Morgan fingerprint density at radius 2 is 1.38 bits per heavy atom. The number of nitrogens with one attached hydrogen (secondary N) is 4. The minimum absolute atomic E-state index is 0.00361. The molecule has 0 aromatic heterocycles. The first-order valence-corrected chi connectivity index (χ1v) is 27.9. The smallest absolute Gasteiger partial charge is 0.251 e. The van der Waals surface area contributed by atoms with E-state index in [1.54, 1.807) is 78.1 Å². The normalized spacial score (nSPS) is 20.2. The molecule has 418 valence electrons. The van der Waals surface area contributed by atoms with E-state index in [-0.39, 0.29) is 85.8 Å². The Morgan fingerprint density at radius 1 is 0.744 bits per heavy atom. The second-order valence-electron chi connectivity index (χ2n) is 24.1. The minimum Gasteiger partial charge on any atom is -0.347 e. The number of Topliss-reactive ketones (excluding diaryl/α,β-unsaturated/α-hetero) is 1. The molecule has 1 saturated heterocycles. The molecule has 0 radical (unpaired) electrons. The molecule has 0 saturated carbocycles. The summed E-state index contributed by atoms with van der Waals surface area (Å²) in [6.45, 7) is 18.8. The van der Waals surface area contributed by atoms with Crippen LogP contribution in [0, 0.1) is 28.5 Å². The molecular formula is C63H82FN7O7. The van der Waals surface area contributed by atoms with Gasteiger partial charge >= 0.3 is 0 Å². The summed E-state index contributed by atoms with van der Waals surface area (Å²) in [5.41, 5.74) is 3.92. The zero-order valence-electron chi connectivity index (χ0n) is 47.6. The maximum absolute atomic E-state index is 15.7. The zero-order chi connectivity index (χ0) is 56.8. The lowest BCUT2D eigenvalue weighted by molar-refractivity contribution is -0.152. The second kappa shape index (κ2) is 24.9. The Morgan fingerprint density at radius 3 is 2.03 bits per heavy atom. The summed E-state index contributed by atoms with van der Waals surface area (Å²) in [6, 6.07) is 23.8. The Labute approximate surface area is 461 Å². The summed E-state index contributed by atoms with van der Waals surface area (Å²) in [4.78, 5) is 105. The van der Waals surface area contributed by atoms with Crippen molar-refractivity contribution >= 4 is 41.2 Å². The maximum Gasteiger partial charge on any atom is 0.251 e. The Kier molecular flexibility index (Phi) is 18.8. The molecule has 15 heteroatoms. The number of hydrogen-bond donors (Lipinski definition) is 4. The number of halogens is 1. The molecule has 1 aliphatic carbocycles. The highest BCUT2D eigenvalue weighted by Crippen LogP contribution is 2.37. The van der Waals surface area contributed by atoms with E-state index in [2.05, 4.69) is 27.3 Å². The van der Waals surface area contributed by atoms with Gasteiger partial charge in [-0.15, -0.1) is 0 Å². The summed E-state index contributed by atoms with van der Waals surface area (Å²) in [5, 5.41) is 12.4. The fourth-order valence-corrected chi connectivity index (χ4v) is 11.2. The number of likely N-dealkylation sites (tertiary alicyclic amines) is 1. The van der Waals surface area contributed by atoms with Crippen molar-refractivity contribution in [2.45, 2.75) is 170 Å². The number of carbonyl (C=O) groups excluding carboxylic acids is 7. The lowest BCUT2D eigenvalue weighted by Crippen LogP contribution is -2.61. The average Bonchev–Trinajstić information content (AvgIpc) is 3.91. The quantitative estimate of drug-likeness (QED) is 0.0766. The first-order chi connectivity index (χ1) is 36.9. The number of hydrogen-bond acceptors (Lipinski definition) is 8. The Hall–Kier alpha value is -6.74. The SMILES string of the molecule is CC[C@@H](C)C(=O)N[C@H](C(=O)N1Cc2ccccc2C[C@H]1C(=O)N(Cc1ccc(C(=O)N[C@H]2C[C@@H](C(=O)N[C@@H]3CCCc4ccccc43)N(C(=O)[C@@H](CC(=O)[C@H](C)NC)C(C)(C)C)C2)cc1)[C@H](C)c1ccccc1F)C(C)(C)C. The van der Waals surface area contributed by atoms with Crippen LogP contribution in [-0.4, -0.2) is 99.7 Å². The van der Waals surface area contributed by atoms with Crippen molar-refractivity contribution in [3.8, 4) is 0 Å². The lowest BCUT2D eigenvalue weighted by Gasteiger charge is -2.43. The van der Waals surface area contributed by atoms with Gasteiger partial charge in [0.05, 0.1) is 18.1 Å². The molecular weight excluding hydrogens is 986 g/mol. The Balaban J connectivity index is 1.15. The first-order valence-electron chi connectivity index (χ1n) is 27.9. The van der Waals surface area contributed by atoms with Crippen molar-refractivity contribution in [1.82, 2.24) is 36.0 Å². The van der Waals surface area contributed by atoms with Gasteiger partial charge in [-0.2, -0.15) is 0 Å². The van der Waals surface area contributed by atoms with E-state index in [1.807, 2.05) is 97.9 Å². The highest BCUT2D eigenvalue weighted by molar-refractivity contribution is 5.96. The topological polar surface area (TPSA) is 177 Å². The predicted octanol–water partition coefficient (Wildman–Crippen LogP) is 8.57. The van der Waals surface area contributed by atoms with Crippen LogP contribution in [0.25, 0.3) is 0 Å². The molecule has 14 nitrogen and oxygen atoms in total. The monoisotopic (exact) mass is 1070 g/mol. The van der Waals surface area contributed by atoms with Crippen LogP contribution in [0.1, 0.15) is 157 Å². The van der Waals surface area contributed by atoms with Crippen LogP contribution in [0.3, 0.4) is 0 Å². The van der Waals surface area contributed by atoms with Crippen molar-refractivity contribution in [2.24, 2.45) is 22.7 Å². The lowest BCUT2D eigenvalue weighted by atomic mass is 9.76. The van der Waals surface area contributed by atoms with E-state index in [0.29, 0.717) is 17.5 Å². The van der Waals surface area contributed by atoms with Crippen LogP contribution in [0.4, 0.5) is 4.39 Å². The van der Waals surface area contributed by atoms with E-state index >= 15 is 9.18 Å². The van der Waals surface area contributed by atoms with Crippen molar-refractivity contribution in [1.29, 1.82) is 0 Å². The zero-order valence-corrected chi connectivity index (χ0v) is 47.6. The van der Waals surface area contributed by atoms with E-state index in [1.165, 1.54) is 11.6 Å². The number of ketones is 1. The van der Waals surface area contributed by atoms with Crippen LogP contribution in [0.15, 0.2) is 97.1 Å². The average molecular weight is 1070 g/mol. The van der Waals surface area contributed by atoms with Gasteiger partial charge in [-0.1, -0.05) is 134 Å². The van der Waals surface area contributed by atoms with E-state index in [9.17, 15) is 28.8 Å². The van der Waals surface area contributed by atoms with Crippen molar-refractivity contribution in [2.75, 3.05) is 13.6 Å². The third kappa shape index (κ3) is 13.6. The highest BCUT2D eigenvalue weighted by Gasteiger charge is 2.47. The molecule has 4 aromatic carbocycles. The van der Waals surface area contributed by atoms with Crippen LogP contribution < -0.4 is 21.3 Å². The largest absolute Gasteiger partial charge is 0.347 e.